The van der Waals surface area contributed by atoms with Crippen molar-refractivity contribution in [2.45, 2.75) is 55.8 Å². The van der Waals surface area contributed by atoms with E-state index >= 15 is 0 Å². The fourth-order valence-electron chi connectivity index (χ4n) is 2.47. The molecule has 2 amide bonds. The van der Waals surface area contributed by atoms with Gasteiger partial charge in [-0.3, -0.25) is 14.5 Å². The number of amides is 2. The zero-order valence-corrected chi connectivity index (χ0v) is 16.7. The highest BCUT2D eigenvalue weighted by Crippen LogP contribution is 2.36. The molecule has 1 unspecified atom stereocenters. The summed E-state index contributed by atoms with van der Waals surface area (Å²) in [6.45, 7) is 5.94. The summed E-state index contributed by atoms with van der Waals surface area (Å²) >= 11 is 2.73. The van der Waals surface area contributed by atoms with Crippen LogP contribution in [0.25, 0.3) is 0 Å². The summed E-state index contributed by atoms with van der Waals surface area (Å²) in [6.07, 6.45) is 2.03. The van der Waals surface area contributed by atoms with Gasteiger partial charge in [-0.25, -0.2) is 0 Å². The maximum absolute atomic E-state index is 12.3. The number of carbonyl (C=O) groups excluding carboxylic acids is 2. The Bertz CT molecular complexity index is 787. The molecule has 0 saturated heterocycles. The van der Waals surface area contributed by atoms with Crippen molar-refractivity contribution >= 4 is 40.0 Å². The van der Waals surface area contributed by atoms with Gasteiger partial charge in [-0.05, 0) is 32.3 Å². The fraction of sp³-hybridized carbons (Fsp3) is 0.444. The van der Waals surface area contributed by atoms with E-state index < -0.39 is 0 Å². The molecular weight excluding hydrogens is 368 g/mol. The number of nitrogens with one attached hydrogen (secondary N) is 1. The predicted molar refractivity (Wildman–Crippen MR) is 104 cm³/mol. The largest absolute Gasteiger partial charge is 0.351 e. The first-order valence-electron chi connectivity index (χ1n) is 8.57. The smallest absolute Gasteiger partial charge is 0.233 e. The van der Waals surface area contributed by atoms with E-state index in [1.165, 1.54) is 28.7 Å². The Morgan fingerprint density at radius 1 is 1.31 bits per heavy atom. The molecule has 0 radical (unpaired) electrons. The van der Waals surface area contributed by atoms with Crippen LogP contribution in [0, 0.1) is 6.92 Å². The van der Waals surface area contributed by atoms with E-state index in [1.54, 1.807) is 11.8 Å². The Balaban J connectivity index is 1.54. The van der Waals surface area contributed by atoms with Gasteiger partial charge in [-0.2, -0.15) is 0 Å². The van der Waals surface area contributed by atoms with Gasteiger partial charge in [0.2, 0.25) is 16.9 Å². The second-order valence-electron chi connectivity index (χ2n) is 6.43. The summed E-state index contributed by atoms with van der Waals surface area (Å²) in [5.41, 5.74) is 2.27. The number of benzene rings is 1. The van der Waals surface area contributed by atoms with Crippen LogP contribution < -0.4 is 10.2 Å². The van der Waals surface area contributed by atoms with Crippen LogP contribution in [0.4, 0.5) is 5.13 Å². The quantitative estimate of drug-likeness (QED) is 0.581. The van der Waals surface area contributed by atoms with Crippen LogP contribution in [0.5, 0.6) is 0 Å². The van der Waals surface area contributed by atoms with Crippen LogP contribution in [-0.2, 0) is 16.1 Å². The Morgan fingerprint density at radius 2 is 2.00 bits per heavy atom. The fourth-order valence-corrected chi connectivity index (χ4v) is 4.60. The summed E-state index contributed by atoms with van der Waals surface area (Å²) in [4.78, 5) is 25.8. The van der Waals surface area contributed by atoms with Crippen LogP contribution in [0.1, 0.15) is 37.8 Å². The second-order valence-corrected chi connectivity index (χ2v) is 8.98. The van der Waals surface area contributed by atoms with Gasteiger partial charge >= 0.3 is 0 Å². The van der Waals surface area contributed by atoms with Crippen molar-refractivity contribution in [3.8, 4) is 0 Å². The minimum atomic E-state index is -0.284. The summed E-state index contributed by atoms with van der Waals surface area (Å²) < 4.78 is 0.699. The standard InChI is InChI=1S/C18H22N4O2S2/c1-11-4-6-14(7-5-11)10-19-16(24)12(2)25-18-21-20-17(26-18)22(13(3)23)15-8-9-15/h4-7,12,15H,8-10H2,1-3H3,(H,19,24). The van der Waals surface area contributed by atoms with Gasteiger partial charge in [-0.15, -0.1) is 10.2 Å². The highest BCUT2D eigenvalue weighted by Gasteiger charge is 2.34. The van der Waals surface area contributed by atoms with E-state index in [0.29, 0.717) is 16.0 Å². The average Bonchev–Trinajstić information content (AvgIpc) is 3.33. The first-order valence-corrected chi connectivity index (χ1v) is 10.3. The maximum Gasteiger partial charge on any atom is 0.233 e. The lowest BCUT2D eigenvalue weighted by atomic mass is 10.1. The number of hydrogen-bond acceptors (Lipinski definition) is 6. The number of hydrogen-bond donors (Lipinski definition) is 1. The molecule has 1 aliphatic rings. The molecule has 26 heavy (non-hydrogen) atoms. The van der Waals surface area contributed by atoms with Crippen LogP contribution in [0.2, 0.25) is 0 Å². The monoisotopic (exact) mass is 390 g/mol. The molecule has 1 aromatic carbocycles. The molecular formula is C18H22N4O2S2. The lowest BCUT2D eigenvalue weighted by molar-refractivity contribution is -0.120. The maximum atomic E-state index is 12.3. The molecule has 1 atom stereocenters. The lowest BCUT2D eigenvalue weighted by Crippen LogP contribution is -2.30. The van der Waals surface area contributed by atoms with E-state index in [9.17, 15) is 9.59 Å². The van der Waals surface area contributed by atoms with Gasteiger partial charge < -0.3 is 5.32 Å². The molecule has 1 aliphatic carbocycles. The topological polar surface area (TPSA) is 75.2 Å². The molecule has 0 aliphatic heterocycles. The van der Waals surface area contributed by atoms with Crippen molar-refractivity contribution in [3.63, 3.8) is 0 Å². The van der Waals surface area contributed by atoms with Crippen molar-refractivity contribution in [2.75, 3.05) is 4.90 Å². The molecule has 1 saturated carbocycles. The third-order valence-corrected chi connectivity index (χ3v) is 6.19. The highest BCUT2D eigenvalue weighted by atomic mass is 32.2. The van der Waals surface area contributed by atoms with Crippen molar-refractivity contribution in [1.29, 1.82) is 0 Å². The molecule has 1 heterocycles. The Morgan fingerprint density at radius 3 is 2.62 bits per heavy atom. The first-order chi connectivity index (χ1) is 12.4. The van der Waals surface area contributed by atoms with Gasteiger partial charge in [0, 0.05) is 19.5 Å². The summed E-state index contributed by atoms with van der Waals surface area (Å²) in [7, 11) is 0. The third-order valence-electron chi connectivity index (χ3n) is 4.09. The second kappa shape index (κ2) is 8.18. The summed E-state index contributed by atoms with van der Waals surface area (Å²) in [5.74, 6) is -0.0537. The number of aromatic nitrogens is 2. The Kier molecular flexibility index (Phi) is 5.93. The normalized spacial score (nSPS) is 14.7. The number of nitrogens with zero attached hydrogens (tertiary/aromatic N) is 3. The number of carbonyl (C=O) groups is 2. The number of rotatable bonds is 7. The molecule has 8 heteroatoms. The molecule has 138 valence electrons. The van der Waals surface area contributed by atoms with E-state index in [4.69, 9.17) is 0 Å². The van der Waals surface area contributed by atoms with Crippen molar-refractivity contribution < 1.29 is 9.59 Å². The average molecular weight is 391 g/mol. The van der Waals surface area contributed by atoms with Gasteiger partial charge in [0.1, 0.15) is 0 Å². The first kappa shape index (κ1) is 18.8. The van der Waals surface area contributed by atoms with Gasteiger partial charge in [0.25, 0.3) is 0 Å². The molecule has 1 aromatic heterocycles. The number of aryl methyl sites for hydroxylation is 1. The molecule has 1 N–H and O–H groups in total. The minimum absolute atomic E-state index is 0.0101. The molecule has 1 fully saturated rings. The van der Waals surface area contributed by atoms with E-state index in [2.05, 4.69) is 15.5 Å². The zero-order chi connectivity index (χ0) is 18.7. The molecule has 0 bridgehead atoms. The SMILES string of the molecule is CC(=O)N(c1nnc(SC(C)C(=O)NCc2ccc(C)cc2)s1)C1CC1. The van der Waals surface area contributed by atoms with Crippen molar-refractivity contribution in [1.82, 2.24) is 15.5 Å². The Hall–Kier alpha value is -1.93. The summed E-state index contributed by atoms with van der Waals surface area (Å²) in [5, 5.41) is 11.6. The molecule has 0 spiro atoms. The third kappa shape index (κ3) is 4.82. The van der Waals surface area contributed by atoms with Crippen LogP contribution in [0.15, 0.2) is 28.6 Å². The van der Waals surface area contributed by atoms with E-state index in [-0.39, 0.29) is 23.1 Å². The van der Waals surface area contributed by atoms with Crippen LogP contribution in [-0.4, -0.2) is 33.3 Å². The van der Waals surface area contributed by atoms with Crippen molar-refractivity contribution in [3.05, 3.63) is 35.4 Å². The number of thioether (sulfide) groups is 1. The van der Waals surface area contributed by atoms with Crippen LogP contribution >= 0.6 is 23.1 Å². The Labute approximate surface area is 161 Å². The van der Waals surface area contributed by atoms with Gasteiger partial charge in [-0.1, -0.05) is 52.9 Å². The summed E-state index contributed by atoms with van der Waals surface area (Å²) in [6, 6.07) is 8.34. The van der Waals surface area contributed by atoms with E-state index in [0.717, 1.165) is 18.4 Å². The minimum Gasteiger partial charge on any atom is -0.351 e. The van der Waals surface area contributed by atoms with Gasteiger partial charge in [0.15, 0.2) is 4.34 Å². The zero-order valence-electron chi connectivity index (χ0n) is 15.1. The van der Waals surface area contributed by atoms with E-state index in [1.807, 2.05) is 38.1 Å². The van der Waals surface area contributed by atoms with Crippen molar-refractivity contribution in [2.24, 2.45) is 0 Å². The highest BCUT2D eigenvalue weighted by molar-refractivity contribution is 8.02. The molecule has 2 aromatic rings. The number of anilines is 1. The van der Waals surface area contributed by atoms with Gasteiger partial charge in [0.05, 0.1) is 5.25 Å². The predicted octanol–water partition coefficient (Wildman–Crippen LogP) is 3.16. The molecule has 6 nitrogen and oxygen atoms in total. The lowest BCUT2D eigenvalue weighted by Gasteiger charge is -2.15. The molecule has 3 rings (SSSR count). The van der Waals surface area contributed by atoms with Crippen LogP contribution in [0.3, 0.4) is 0 Å².